The van der Waals surface area contributed by atoms with Crippen LogP contribution in [0.15, 0.2) is 53.4 Å². The summed E-state index contributed by atoms with van der Waals surface area (Å²) in [4.78, 5) is 13.0. The summed E-state index contributed by atoms with van der Waals surface area (Å²) in [6, 6.07) is 15.2. The van der Waals surface area contributed by atoms with E-state index < -0.39 is 16.1 Å². The quantitative estimate of drug-likeness (QED) is 0.758. The van der Waals surface area contributed by atoms with Gasteiger partial charge in [0.15, 0.2) is 0 Å². The van der Waals surface area contributed by atoms with E-state index >= 15 is 0 Å². The fourth-order valence-electron chi connectivity index (χ4n) is 3.67. The molecule has 0 aliphatic carbocycles. The molecule has 0 spiro atoms. The Morgan fingerprint density at radius 2 is 2.00 bits per heavy atom. The van der Waals surface area contributed by atoms with Crippen LogP contribution < -0.4 is 5.32 Å². The Bertz CT molecular complexity index is 1010. The van der Waals surface area contributed by atoms with E-state index in [1.165, 1.54) is 4.31 Å². The van der Waals surface area contributed by atoms with Crippen LogP contribution in [0.5, 0.6) is 0 Å². The van der Waals surface area contributed by atoms with Gasteiger partial charge in [0, 0.05) is 13.1 Å². The molecule has 1 N–H and O–H groups in total. The highest BCUT2D eigenvalue weighted by molar-refractivity contribution is 7.89. The van der Waals surface area contributed by atoms with E-state index in [1.807, 2.05) is 12.1 Å². The van der Waals surface area contributed by atoms with Crippen molar-refractivity contribution in [1.29, 1.82) is 5.26 Å². The Balaban J connectivity index is 1.71. The number of rotatable bonds is 7. The minimum Gasteiger partial charge on any atom is -0.351 e. The van der Waals surface area contributed by atoms with Gasteiger partial charge in [0.1, 0.15) is 6.04 Å². The number of nitriles is 1. The van der Waals surface area contributed by atoms with Gasteiger partial charge in [0.2, 0.25) is 15.9 Å². The van der Waals surface area contributed by atoms with Crippen molar-refractivity contribution in [2.75, 3.05) is 6.54 Å². The molecule has 0 bridgehead atoms. The fourth-order valence-corrected chi connectivity index (χ4v) is 5.34. The Morgan fingerprint density at radius 1 is 1.24 bits per heavy atom. The topological polar surface area (TPSA) is 90.3 Å². The van der Waals surface area contributed by atoms with Gasteiger partial charge in [-0.15, -0.1) is 0 Å². The van der Waals surface area contributed by atoms with Gasteiger partial charge in [-0.2, -0.15) is 9.57 Å². The Morgan fingerprint density at radius 3 is 2.69 bits per heavy atom. The number of nitrogens with zero attached hydrogens (tertiary/aromatic N) is 2. The highest BCUT2D eigenvalue weighted by Crippen LogP contribution is 2.26. The molecule has 0 unspecified atom stereocenters. The average molecular weight is 412 g/mol. The van der Waals surface area contributed by atoms with E-state index in [-0.39, 0.29) is 10.8 Å². The zero-order valence-corrected chi connectivity index (χ0v) is 17.3. The van der Waals surface area contributed by atoms with E-state index in [9.17, 15) is 18.5 Å². The lowest BCUT2D eigenvalue weighted by atomic mass is 10.0. The highest BCUT2D eigenvalue weighted by atomic mass is 32.2. The second-order valence-corrected chi connectivity index (χ2v) is 9.05. The zero-order valence-electron chi connectivity index (χ0n) is 16.5. The summed E-state index contributed by atoms with van der Waals surface area (Å²) in [5, 5.41) is 12.1. The maximum absolute atomic E-state index is 12.9. The first-order chi connectivity index (χ1) is 14.0. The lowest BCUT2D eigenvalue weighted by molar-refractivity contribution is -0.124. The molecule has 1 aliphatic heterocycles. The van der Waals surface area contributed by atoms with Gasteiger partial charge in [0.05, 0.1) is 16.5 Å². The molecule has 1 aliphatic rings. The predicted molar refractivity (Wildman–Crippen MR) is 110 cm³/mol. The van der Waals surface area contributed by atoms with E-state index in [1.54, 1.807) is 36.4 Å². The standard InChI is InChI=1S/C22H25N3O3S/c1-2-7-18-14-17(11-12-19(18)15-23)16-24-22(26)21-10-6-13-25(21)29(27,28)20-8-4-3-5-9-20/h3-5,8-9,11-12,14,21H,2,6-7,10,13,16H2,1H3,(H,24,26)/t21-/m0/s1. The highest BCUT2D eigenvalue weighted by Gasteiger charge is 2.39. The van der Waals surface area contributed by atoms with Gasteiger partial charge < -0.3 is 5.32 Å². The smallest absolute Gasteiger partial charge is 0.243 e. The second kappa shape index (κ2) is 9.21. The maximum atomic E-state index is 12.9. The minimum absolute atomic E-state index is 0.205. The zero-order chi connectivity index (χ0) is 20.9. The first kappa shape index (κ1) is 21.0. The first-order valence-corrected chi connectivity index (χ1v) is 11.3. The Labute approximate surface area is 172 Å². The largest absolute Gasteiger partial charge is 0.351 e. The van der Waals surface area contributed by atoms with Crippen molar-refractivity contribution >= 4 is 15.9 Å². The number of carbonyl (C=O) groups is 1. The lowest BCUT2D eigenvalue weighted by Crippen LogP contribution is -2.45. The van der Waals surface area contributed by atoms with E-state index in [4.69, 9.17) is 0 Å². The molecule has 3 rings (SSSR count). The van der Waals surface area contributed by atoms with Crippen molar-refractivity contribution < 1.29 is 13.2 Å². The summed E-state index contributed by atoms with van der Waals surface area (Å²) >= 11 is 0. The predicted octanol–water partition coefficient (Wildman–Crippen LogP) is 2.98. The lowest BCUT2D eigenvalue weighted by Gasteiger charge is -2.23. The van der Waals surface area contributed by atoms with Crippen LogP contribution in [0.1, 0.15) is 42.9 Å². The van der Waals surface area contributed by atoms with Crippen molar-refractivity contribution in [3.63, 3.8) is 0 Å². The van der Waals surface area contributed by atoms with Crippen molar-refractivity contribution in [2.45, 2.75) is 50.1 Å². The third-order valence-electron chi connectivity index (χ3n) is 5.13. The molecule has 6 nitrogen and oxygen atoms in total. The molecule has 7 heteroatoms. The van der Waals surface area contributed by atoms with Gasteiger partial charge in [-0.25, -0.2) is 8.42 Å². The van der Waals surface area contributed by atoms with E-state index in [2.05, 4.69) is 18.3 Å². The molecule has 152 valence electrons. The molecule has 0 aromatic heterocycles. The van der Waals surface area contributed by atoms with Crippen molar-refractivity contribution in [3.8, 4) is 6.07 Å². The summed E-state index contributed by atoms with van der Waals surface area (Å²) in [5.41, 5.74) is 2.52. The number of benzene rings is 2. The number of hydrogen-bond donors (Lipinski definition) is 1. The van der Waals surface area contributed by atoms with Gasteiger partial charge in [-0.3, -0.25) is 4.79 Å². The second-order valence-electron chi connectivity index (χ2n) is 7.16. The molecule has 2 aromatic carbocycles. The van der Waals surface area contributed by atoms with Gasteiger partial charge >= 0.3 is 0 Å². The number of nitrogens with one attached hydrogen (secondary N) is 1. The van der Waals surface area contributed by atoms with Gasteiger partial charge in [0.25, 0.3) is 0 Å². The van der Waals surface area contributed by atoms with Crippen molar-refractivity contribution in [2.24, 2.45) is 0 Å². The number of sulfonamides is 1. The fraction of sp³-hybridized carbons (Fsp3) is 0.364. The van der Waals surface area contributed by atoms with Crippen LogP contribution in [-0.4, -0.2) is 31.2 Å². The minimum atomic E-state index is -3.70. The molecule has 2 aromatic rings. The Hall–Kier alpha value is -2.69. The summed E-state index contributed by atoms with van der Waals surface area (Å²) in [5.74, 6) is -0.289. The molecular weight excluding hydrogens is 386 g/mol. The van der Waals surface area contributed by atoms with Gasteiger partial charge in [-0.1, -0.05) is 43.7 Å². The van der Waals surface area contributed by atoms with Crippen LogP contribution in [-0.2, 0) is 27.8 Å². The van der Waals surface area contributed by atoms with Crippen molar-refractivity contribution in [1.82, 2.24) is 9.62 Å². The normalized spacial score (nSPS) is 17.0. The third-order valence-corrected chi connectivity index (χ3v) is 7.05. The summed E-state index contributed by atoms with van der Waals surface area (Å²) in [6.45, 7) is 2.70. The van der Waals surface area contributed by atoms with Gasteiger partial charge in [-0.05, 0) is 48.6 Å². The van der Waals surface area contributed by atoms with Crippen LogP contribution in [0.3, 0.4) is 0 Å². The van der Waals surface area contributed by atoms with Crippen LogP contribution in [0.4, 0.5) is 0 Å². The van der Waals surface area contributed by atoms with Crippen LogP contribution >= 0.6 is 0 Å². The molecule has 0 saturated carbocycles. The van der Waals surface area contributed by atoms with Crippen LogP contribution in [0.2, 0.25) is 0 Å². The number of carbonyl (C=O) groups excluding carboxylic acids is 1. The van der Waals surface area contributed by atoms with Crippen molar-refractivity contribution in [3.05, 3.63) is 65.2 Å². The average Bonchev–Trinajstić information content (AvgIpc) is 3.24. The SMILES string of the molecule is CCCc1cc(CNC(=O)[C@@H]2CCCN2S(=O)(=O)c2ccccc2)ccc1C#N. The summed E-state index contributed by atoms with van der Waals surface area (Å²) < 4.78 is 27.2. The maximum Gasteiger partial charge on any atom is 0.243 e. The number of amides is 1. The molecule has 29 heavy (non-hydrogen) atoms. The summed E-state index contributed by atoms with van der Waals surface area (Å²) in [6.07, 6.45) is 2.89. The summed E-state index contributed by atoms with van der Waals surface area (Å²) in [7, 11) is -3.70. The molecule has 1 amide bonds. The molecule has 0 radical (unpaired) electrons. The first-order valence-electron chi connectivity index (χ1n) is 9.84. The third kappa shape index (κ3) is 4.66. The van der Waals surface area contributed by atoms with E-state index in [0.29, 0.717) is 31.5 Å². The molecule has 1 heterocycles. The monoisotopic (exact) mass is 411 g/mol. The van der Waals surface area contributed by atoms with Crippen LogP contribution in [0.25, 0.3) is 0 Å². The molecule has 1 atom stereocenters. The molecule has 1 fully saturated rings. The Kier molecular flexibility index (Phi) is 6.68. The number of aryl methyl sites for hydroxylation is 1. The van der Waals surface area contributed by atoms with Crippen LogP contribution in [0, 0.1) is 11.3 Å². The molecule has 1 saturated heterocycles. The number of hydrogen-bond acceptors (Lipinski definition) is 4. The molecular formula is C22H25N3O3S. The van der Waals surface area contributed by atoms with E-state index in [0.717, 1.165) is 24.0 Å².